The van der Waals surface area contributed by atoms with Gasteiger partial charge in [-0.15, -0.1) is 11.8 Å². The number of nitrogens with zero attached hydrogens (tertiary/aromatic N) is 1. The minimum absolute atomic E-state index is 0.231. The predicted molar refractivity (Wildman–Crippen MR) is 83.2 cm³/mol. The average Bonchev–Trinajstić information content (AvgIpc) is 2.78. The summed E-state index contributed by atoms with van der Waals surface area (Å²) >= 11 is 1.67. The van der Waals surface area contributed by atoms with Crippen LogP contribution in [0.25, 0.3) is 0 Å². The molecule has 0 aromatic heterocycles. The van der Waals surface area contributed by atoms with Gasteiger partial charge in [0, 0.05) is 17.4 Å². The molecule has 2 rings (SSSR count). The molecule has 1 N–H and O–H groups in total. The smallest absolute Gasteiger partial charge is 0.282 e. The van der Waals surface area contributed by atoms with Gasteiger partial charge in [-0.25, -0.2) is 0 Å². The summed E-state index contributed by atoms with van der Waals surface area (Å²) in [6.07, 6.45) is 3.43. The SMILES string of the molecule is CCCNC1CCC(Sc2ccccc2[N+](=O)[O-])C1C. The van der Waals surface area contributed by atoms with Crippen molar-refractivity contribution < 1.29 is 4.92 Å². The van der Waals surface area contributed by atoms with E-state index in [0.717, 1.165) is 24.3 Å². The Bertz CT molecular complexity index is 467. The molecular weight excluding hydrogens is 272 g/mol. The van der Waals surface area contributed by atoms with Crippen LogP contribution in [0.3, 0.4) is 0 Å². The zero-order valence-corrected chi connectivity index (χ0v) is 12.9. The van der Waals surface area contributed by atoms with Crippen molar-refractivity contribution in [2.45, 2.75) is 49.3 Å². The van der Waals surface area contributed by atoms with Crippen LogP contribution in [0.5, 0.6) is 0 Å². The van der Waals surface area contributed by atoms with E-state index in [-0.39, 0.29) is 10.6 Å². The quantitative estimate of drug-likeness (QED) is 0.639. The fraction of sp³-hybridized carbons (Fsp3) is 0.600. The van der Waals surface area contributed by atoms with E-state index in [0.29, 0.717) is 17.2 Å². The molecule has 4 nitrogen and oxygen atoms in total. The molecule has 0 aliphatic heterocycles. The number of para-hydroxylation sites is 1. The number of rotatable bonds is 6. The molecule has 0 heterocycles. The van der Waals surface area contributed by atoms with Gasteiger partial charge in [-0.05, 0) is 37.8 Å². The van der Waals surface area contributed by atoms with Crippen LogP contribution < -0.4 is 5.32 Å². The first kappa shape index (κ1) is 15.3. The fourth-order valence-electron chi connectivity index (χ4n) is 2.78. The van der Waals surface area contributed by atoms with E-state index in [1.54, 1.807) is 23.9 Å². The molecule has 3 atom stereocenters. The Kier molecular flexibility index (Phi) is 5.43. The molecule has 0 spiro atoms. The first-order valence-corrected chi connectivity index (χ1v) is 8.15. The summed E-state index contributed by atoms with van der Waals surface area (Å²) in [5, 5.41) is 15.1. The van der Waals surface area contributed by atoms with Gasteiger partial charge in [0.25, 0.3) is 5.69 Å². The standard InChI is InChI=1S/C15H22N2O2S/c1-3-10-16-12-8-9-14(11(12)2)20-15-7-5-4-6-13(15)17(18)19/h4-7,11-12,14,16H,3,8-10H2,1-2H3. The molecule has 1 aromatic carbocycles. The van der Waals surface area contributed by atoms with Crippen molar-refractivity contribution in [2.24, 2.45) is 5.92 Å². The minimum Gasteiger partial charge on any atom is -0.314 e. The number of hydrogen-bond acceptors (Lipinski definition) is 4. The lowest BCUT2D eigenvalue weighted by atomic mass is 10.1. The minimum atomic E-state index is -0.283. The van der Waals surface area contributed by atoms with E-state index in [4.69, 9.17) is 0 Å². The Balaban J connectivity index is 2.02. The van der Waals surface area contributed by atoms with Gasteiger partial charge in [0.15, 0.2) is 0 Å². The van der Waals surface area contributed by atoms with Gasteiger partial charge in [-0.3, -0.25) is 10.1 Å². The molecule has 5 heteroatoms. The van der Waals surface area contributed by atoms with E-state index >= 15 is 0 Å². The number of hydrogen-bond donors (Lipinski definition) is 1. The predicted octanol–water partition coefficient (Wildman–Crippen LogP) is 3.85. The highest BCUT2D eigenvalue weighted by atomic mass is 32.2. The zero-order chi connectivity index (χ0) is 14.5. The highest BCUT2D eigenvalue weighted by Crippen LogP contribution is 2.41. The largest absolute Gasteiger partial charge is 0.314 e. The van der Waals surface area contributed by atoms with E-state index in [9.17, 15) is 10.1 Å². The lowest BCUT2D eigenvalue weighted by molar-refractivity contribution is -0.387. The number of thioether (sulfide) groups is 1. The second-order valence-corrected chi connectivity index (χ2v) is 6.66. The van der Waals surface area contributed by atoms with Crippen LogP contribution in [0.4, 0.5) is 5.69 Å². The normalized spacial score (nSPS) is 25.8. The molecule has 1 fully saturated rings. The van der Waals surface area contributed by atoms with Gasteiger partial charge in [0.2, 0.25) is 0 Å². The lowest BCUT2D eigenvalue weighted by Gasteiger charge is -2.21. The van der Waals surface area contributed by atoms with Crippen molar-refractivity contribution in [1.29, 1.82) is 0 Å². The monoisotopic (exact) mass is 294 g/mol. The van der Waals surface area contributed by atoms with E-state index < -0.39 is 0 Å². The van der Waals surface area contributed by atoms with Crippen molar-refractivity contribution in [3.63, 3.8) is 0 Å². The van der Waals surface area contributed by atoms with E-state index in [2.05, 4.69) is 19.2 Å². The Morgan fingerprint density at radius 2 is 2.15 bits per heavy atom. The second kappa shape index (κ2) is 7.09. The van der Waals surface area contributed by atoms with Gasteiger partial charge < -0.3 is 5.32 Å². The molecule has 110 valence electrons. The number of nitro benzene ring substituents is 1. The maximum Gasteiger partial charge on any atom is 0.282 e. The molecule has 1 aliphatic rings. The highest BCUT2D eigenvalue weighted by Gasteiger charge is 2.34. The molecule has 3 unspecified atom stereocenters. The first-order valence-electron chi connectivity index (χ1n) is 7.27. The average molecular weight is 294 g/mol. The third-order valence-corrected chi connectivity index (χ3v) is 5.55. The third-order valence-electron chi connectivity index (χ3n) is 3.98. The van der Waals surface area contributed by atoms with Crippen LogP contribution in [0.2, 0.25) is 0 Å². The molecule has 0 radical (unpaired) electrons. The number of nitro groups is 1. The van der Waals surface area contributed by atoms with Gasteiger partial charge >= 0.3 is 0 Å². The van der Waals surface area contributed by atoms with Crippen molar-refractivity contribution in [3.8, 4) is 0 Å². The van der Waals surface area contributed by atoms with Crippen LogP contribution in [0.15, 0.2) is 29.2 Å². The Morgan fingerprint density at radius 3 is 2.85 bits per heavy atom. The Hall–Kier alpha value is -1.07. The highest BCUT2D eigenvalue weighted by molar-refractivity contribution is 8.00. The molecule has 0 amide bonds. The molecule has 20 heavy (non-hydrogen) atoms. The fourth-order valence-corrected chi connectivity index (χ4v) is 4.19. The van der Waals surface area contributed by atoms with Gasteiger partial charge in [0.1, 0.15) is 0 Å². The van der Waals surface area contributed by atoms with Crippen molar-refractivity contribution in [2.75, 3.05) is 6.54 Å². The summed E-state index contributed by atoms with van der Waals surface area (Å²) < 4.78 is 0. The summed E-state index contributed by atoms with van der Waals surface area (Å²) in [6, 6.07) is 7.61. The summed E-state index contributed by atoms with van der Waals surface area (Å²) in [5.41, 5.74) is 0.231. The zero-order valence-electron chi connectivity index (χ0n) is 12.0. The van der Waals surface area contributed by atoms with Crippen LogP contribution in [0.1, 0.15) is 33.1 Å². The van der Waals surface area contributed by atoms with Gasteiger partial charge in [-0.2, -0.15) is 0 Å². The summed E-state index contributed by atoms with van der Waals surface area (Å²) in [4.78, 5) is 11.6. The molecule has 1 aromatic rings. The lowest BCUT2D eigenvalue weighted by Crippen LogP contribution is -2.33. The third kappa shape index (κ3) is 3.52. The van der Waals surface area contributed by atoms with Crippen LogP contribution in [-0.2, 0) is 0 Å². The van der Waals surface area contributed by atoms with Crippen LogP contribution in [0, 0.1) is 16.0 Å². The van der Waals surface area contributed by atoms with E-state index in [1.807, 2.05) is 12.1 Å². The molecule has 1 saturated carbocycles. The van der Waals surface area contributed by atoms with Gasteiger partial charge in [-0.1, -0.05) is 26.0 Å². The molecule has 1 aliphatic carbocycles. The maximum absolute atomic E-state index is 11.1. The van der Waals surface area contributed by atoms with Crippen LogP contribution >= 0.6 is 11.8 Å². The maximum atomic E-state index is 11.1. The van der Waals surface area contributed by atoms with Crippen molar-refractivity contribution >= 4 is 17.4 Å². The second-order valence-electron chi connectivity index (χ2n) is 5.38. The summed E-state index contributed by atoms with van der Waals surface area (Å²) in [6.45, 7) is 5.48. The number of benzene rings is 1. The molecule has 0 saturated heterocycles. The van der Waals surface area contributed by atoms with Crippen molar-refractivity contribution in [3.05, 3.63) is 34.4 Å². The Labute approximate surface area is 124 Å². The topological polar surface area (TPSA) is 55.2 Å². The first-order chi connectivity index (χ1) is 9.63. The molecule has 0 bridgehead atoms. The van der Waals surface area contributed by atoms with E-state index in [1.165, 1.54) is 6.42 Å². The van der Waals surface area contributed by atoms with Crippen LogP contribution in [-0.4, -0.2) is 22.8 Å². The van der Waals surface area contributed by atoms with Crippen molar-refractivity contribution in [1.82, 2.24) is 5.32 Å². The number of nitrogens with one attached hydrogen (secondary N) is 1. The summed E-state index contributed by atoms with van der Waals surface area (Å²) in [5.74, 6) is 0.548. The molecular formula is C15H22N2O2S. The Morgan fingerprint density at radius 1 is 1.40 bits per heavy atom. The summed E-state index contributed by atoms with van der Waals surface area (Å²) in [7, 11) is 0. The van der Waals surface area contributed by atoms with Gasteiger partial charge in [0.05, 0.1) is 9.82 Å².